The summed E-state index contributed by atoms with van der Waals surface area (Å²) in [7, 11) is 0. The van der Waals surface area contributed by atoms with Crippen molar-refractivity contribution in [3.63, 3.8) is 0 Å². The zero-order chi connectivity index (χ0) is 13.0. The van der Waals surface area contributed by atoms with Gasteiger partial charge in [0.2, 0.25) is 5.91 Å². The van der Waals surface area contributed by atoms with Crippen LogP contribution in [0.2, 0.25) is 5.02 Å². The van der Waals surface area contributed by atoms with Gasteiger partial charge in [0.1, 0.15) is 0 Å². The van der Waals surface area contributed by atoms with E-state index in [9.17, 15) is 4.79 Å². The monoisotopic (exact) mass is 284 g/mol. The molecule has 5 heteroatoms. The van der Waals surface area contributed by atoms with Gasteiger partial charge in [-0.3, -0.25) is 4.79 Å². The Labute approximate surface area is 117 Å². The fraction of sp³-hybridized carbons (Fsp3) is 0.462. The molecule has 18 heavy (non-hydrogen) atoms. The second-order valence-corrected chi connectivity index (χ2v) is 5.79. The molecule has 1 amide bonds. The number of thioether (sulfide) groups is 1. The van der Waals surface area contributed by atoms with Crippen LogP contribution in [0, 0.1) is 6.92 Å². The van der Waals surface area contributed by atoms with E-state index in [0.717, 1.165) is 41.7 Å². The van der Waals surface area contributed by atoms with E-state index in [1.807, 2.05) is 30.0 Å². The van der Waals surface area contributed by atoms with Crippen molar-refractivity contribution in [1.29, 1.82) is 0 Å². The molecule has 1 aromatic rings. The molecule has 3 nitrogen and oxygen atoms in total. The van der Waals surface area contributed by atoms with Gasteiger partial charge in [-0.1, -0.05) is 11.6 Å². The first kappa shape index (κ1) is 13.7. The van der Waals surface area contributed by atoms with E-state index >= 15 is 0 Å². The van der Waals surface area contributed by atoms with Crippen LogP contribution in [-0.2, 0) is 4.79 Å². The highest BCUT2D eigenvalue weighted by Gasteiger charge is 2.15. The van der Waals surface area contributed by atoms with Crippen molar-refractivity contribution < 1.29 is 4.79 Å². The van der Waals surface area contributed by atoms with Crippen LogP contribution in [0.25, 0.3) is 0 Å². The lowest BCUT2D eigenvalue weighted by atomic mass is 10.2. The summed E-state index contributed by atoms with van der Waals surface area (Å²) in [4.78, 5) is 15.0. The Morgan fingerprint density at radius 2 is 2.17 bits per heavy atom. The van der Waals surface area contributed by atoms with Crippen molar-refractivity contribution in [1.82, 2.24) is 10.2 Å². The summed E-state index contributed by atoms with van der Waals surface area (Å²) in [6, 6.07) is 5.87. The minimum Gasteiger partial charge on any atom is -0.339 e. The second-order valence-electron chi connectivity index (χ2n) is 4.33. The highest BCUT2D eigenvalue weighted by Crippen LogP contribution is 2.24. The maximum absolute atomic E-state index is 12.0. The molecule has 1 saturated heterocycles. The number of benzene rings is 1. The molecule has 1 heterocycles. The minimum absolute atomic E-state index is 0.217. The Balaban J connectivity index is 1.86. The van der Waals surface area contributed by atoms with Crippen LogP contribution in [0.3, 0.4) is 0 Å². The SMILES string of the molecule is Cc1cc(SCC(=O)N2CCNCC2)ccc1Cl. The molecule has 0 unspecified atom stereocenters. The number of nitrogens with one attached hydrogen (secondary N) is 1. The highest BCUT2D eigenvalue weighted by atomic mass is 35.5. The normalized spacial score (nSPS) is 15.8. The number of hydrogen-bond donors (Lipinski definition) is 1. The Morgan fingerprint density at radius 1 is 1.44 bits per heavy atom. The molecule has 1 aromatic carbocycles. The smallest absolute Gasteiger partial charge is 0.233 e. The molecule has 98 valence electrons. The first-order chi connectivity index (χ1) is 8.66. The number of aryl methyl sites for hydroxylation is 1. The Bertz CT molecular complexity index is 433. The molecule has 0 bridgehead atoms. The van der Waals surface area contributed by atoms with Crippen LogP contribution in [0.15, 0.2) is 23.1 Å². The average molecular weight is 285 g/mol. The summed E-state index contributed by atoms with van der Waals surface area (Å²) in [5, 5.41) is 4.01. The second kappa shape index (κ2) is 6.45. The van der Waals surface area contributed by atoms with E-state index in [-0.39, 0.29) is 5.91 Å². The minimum atomic E-state index is 0.217. The third-order valence-corrected chi connectivity index (χ3v) is 4.36. The number of rotatable bonds is 3. The van der Waals surface area contributed by atoms with Crippen LogP contribution < -0.4 is 5.32 Å². The van der Waals surface area contributed by atoms with Crippen molar-refractivity contribution >= 4 is 29.3 Å². The summed E-state index contributed by atoms with van der Waals surface area (Å²) in [5.41, 5.74) is 1.05. The van der Waals surface area contributed by atoms with Crippen LogP contribution in [0.4, 0.5) is 0 Å². The average Bonchev–Trinajstić information content (AvgIpc) is 2.41. The van der Waals surface area contributed by atoms with E-state index in [2.05, 4.69) is 5.32 Å². The zero-order valence-corrected chi connectivity index (χ0v) is 12.0. The molecule has 1 N–H and O–H groups in total. The molecular formula is C13H17ClN2OS. The van der Waals surface area contributed by atoms with Crippen LogP contribution in [-0.4, -0.2) is 42.7 Å². The lowest BCUT2D eigenvalue weighted by Gasteiger charge is -2.27. The number of amides is 1. The fourth-order valence-electron chi connectivity index (χ4n) is 1.86. The summed E-state index contributed by atoms with van der Waals surface area (Å²) in [6.07, 6.45) is 0. The van der Waals surface area contributed by atoms with Gasteiger partial charge in [-0.2, -0.15) is 0 Å². The van der Waals surface area contributed by atoms with Gasteiger partial charge in [0.25, 0.3) is 0 Å². The molecule has 0 spiro atoms. The molecule has 0 radical (unpaired) electrons. The lowest BCUT2D eigenvalue weighted by Crippen LogP contribution is -2.47. The molecule has 2 rings (SSSR count). The van der Waals surface area contributed by atoms with E-state index in [4.69, 9.17) is 11.6 Å². The van der Waals surface area contributed by atoms with E-state index in [1.54, 1.807) is 11.8 Å². The van der Waals surface area contributed by atoms with Gasteiger partial charge < -0.3 is 10.2 Å². The van der Waals surface area contributed by atoms with Gasteiger partial charge in [-0.25, -0.2) is 0 Å². The molecule has 0 aliphatic carbocycles. The zero-order valence-electron chi connectivity index (χ0n) is 10.4. The molecule has 1 aliphatic rings. The van der Waals surface area contributed by atoms with Gasteiger partial charge in [-0.15, -0.1) is 11.8 Å². The summed E-state index contributed by atoms with van der Waals surface area (Å²) in [6.45, 7) is 5.41. The van der Waals surface area contributed by atoms with Gasteiger partial charge in [0.05, 0.1) is 5.75 Å². The number of hydrogen-bond acceptors (Lipinski definition) is 3. The van der Waals surface area contributed by atoms with Crippen molar-refractivity contribution in [3.05, 3.63) is 28.8 Å². The van der Waals surface area contributed by atoms with Crippen molar-refractivity contribution in [3.8, 4) is 0 Å². The Morgan fingerprint density at radius 3 is 2.83 bits per heavy atom. The Kier molecular flexibility index (Phi) is 4.92. The standard InChI is InChI=1S/C13H17ClN2OS/c1-10-8-11(2-3-12(10)14)18-9-13(17)16-6-4-15-5-7-16/h2-3,8,15H,4-7,9H2,1H3. The van der Waals surface area contributed by atoms with Crippen molar-refractivity contribution in [2.45, 2.75) is 11.8 Å². The largest absolute Gasteiger partial charge is 0.339 e. The highest BCUT2D eigenvalue weighted by molar-refractivity contribution is 8.00. The van der Waals surface area contributed by atoms with E-state index < -0.39 is 0 Å². The summed E-state index contributed by atoms with van der Waals surface area (Å²) >= 11 is 7.55. The van der Waals surface area contributed by atoms with Gasteiger partial charge in [0, 0.05) is 36.1 Å². The quantitative estimate of drug-likeness (QED) is 0.864. The maximum atomic E-state index is 12.0. The van der Waals surface area contributed by atoms with Crippen LogP contribution in [0.5, 0.6) is 0 Å². The molecule has 0 saturated carbocycles. The number of halogens is 1. The lowest BCUT2D eigenvalue weighted by molar-refractivity contribution is -0.128. The van der Waals surface area contributed by atoms with Gasteiger partial charge in [0.15, 0.2) is 0 Å². The van der Waals surface area contributed by atoms with Crippen molar-refractivity contribution in [2.75, 3.05) is 31.9 Å². The molecule has 1 fully saturated rings. The number of carbonyl (C=O) groups excluding carboxylic acids is 1. The topological polar surface area (TPSA) is 32.3 Å². The predicted molar refractivity (Wildman–Crippen MR) is 76.4 cm³/mol. The molecule has 0 aromatic heterocycles. The predicted octanol–water partition coefficient (Wildman–Crippen LogP) is 2.17. The first-order valence-corrected chi connectivity index (χ1v) is 7.40. The van der Waals surface area contributed by atoms with Gasteiger partial charge in [-0.05, 0) is 30.7 Å². The first-order valence-electron chi connectivity index (χ1n) is 6.04. The van der Waals surface area contributed by atoms with E-state index in [1.165, 1.54) is 0 Å². The van der Waals surface area contributed by atoms with Crippen molar-refractivity contribution in [2.24, 2.45) is 0 Å². The van der Waals surface area contributed by atoms with Crippen LogP contribution in [0.1, 0.15) is 5.56 Å². The molecule has 1 aliphatic heterocycles. The Hall–Kier alpha value is -0.710. The molecular weight excluding hydrogens is 268 g/mol. The van der Waals surface area contributed by atoms with E-state index in [0.29, 0.717) is 5.75 Å². The summed E-state index contributed by atoms with van der Waals surface area (Å²) in [5.74, 6) is 0.718. The number of piperazine rings is 1. The third kappa shape index (κ3) is 3.64. The fourth-order valence-corrected chi connectivity index (χ4v) is 2.87. The maximum Gasteiger partial charge on any atom is 0.233 e. The third-order valence-electron chi connectivity index (χ3n) is 2.96. The summed E-state index contributed by atoms with van der Waals surface area (Å²) < 4.78 is 0. The van der Waals surface area contributed by atoms with Crippen LogP contribution >= 0.6 is 23.4 Å². The number of carbonyl (C=O) groups is 1. The van der Waals surface area contributed by atoms with Gasteiger partial charge >= 0.3 is 0 Å². The molecule has 0 atom stereocenters. The number of nitrogens with zero attached hydrogens (tertiary/aromatic N) is 1.